The summed E-state index contributed by atoms with van der Waals surface area (Å²) in [7, 11) is 1.86. The molecule has 2 aromatic carbocycles. The lowest BCUT2D eigenvalue weighted by atomic mass is 10.0. The summed E-state index contributed by atoms with van der Waals surface area (Å²) in [5, 5.41) is 9.87. The molecule has 5 nitrogen and oxygen atoms in total. The number of nitrogens with one attached hydrogen (secondary N) is 1. The zero-order valence-corrected chi connectivity index (χ0v) is 12.0. The summed E-state index contributed by atoms with van der Waals surface area (Å²) >= 11 is 0. The van der Waals surface area contributed by atoms with Crippen molar-refractivity contribution < 1.29 is 14.5 Å². The van der Waals surface area contributed by atoms with Crippen LogP contribution >= 0.6 is 0 Å². The van der Waals surface area contributed by atoms with Gasteiger partial charge in [0.25, 0.3) is 5.82 Å². The summed E-state index contributed by atoms with van der Waals surface area (Å²) in [4.78, 5) is 26.3. The molecule has 0 bridgehead atoms. The van der Waals surface area contributed by atoms with Gasteiger partial charge in [-0.05, 0) is 23.8 Å². The van der Waals surface area contributed by atoms with Crippen LogP contribution in [0.4, 0.5) is 0 Å². The predicted octanol–water partition coefficient (Wildman–Crippen LogP) is 1.64. The molecule has 110 valence electrons. The lowest BCUT2D eigenvalue weighted by Gasteiger charge is -2.06. The molecule has 0 saturated heterocycles. The second-order valence-electron chi connectivity index (χ2n) is 5.12. The molecule has 0 amide bonds. The van der Waals surface area contributed by atoms with E-state index in [1.165, 1.54) is 0 Å². The fourth-order valence-corrected chi connectivity index (χ4v) is 2.61. The Kier molecular flexibility index (Phi) is 3.47. The first-order valence-electron chi connectivity index (χ1n) is 6.89. The highest BCUT2D eigenvalue weighted by atomic mass is 16.4. The number of H-pyrrole nitrogens is 1. The van der Waals surface area contributed by atoms with Crippen LogP contribution < -0.4 is 10.1 Å². The zero-order chi connectivity index (χ0) is 15.7. The Morgan fingerprint density at radius 3 is 2.59 bits per heavy atom. The number of carboxylic acid groups (broad SMARTS) is 1. The summed E-state index contributed by atoms with van der Waals surface area (Å²) in [6, 6.07) is 14.1. The van der Waals surface area contributed by atoms with Crippen LogP contribution in [0.3, 0.4) is 0 Å². The van der Waals surface area contributed by atoms with E-state index >= 15 is 0 Å². The van der Waals surface area contributed by atoms with Gasteiger partial charge in [0.15, 0.2) is 0 Å². The van der Waals surface area contributed by atoms with Gasteiger partial charge in [0.2, 0.25) is 0 Å². The molecule has 0 aliphatic heterocycles. The smallest absolute Gasteiger partial charge is 0.343 e. The van der Waals surface area contributed by atoms with E-state index in [1.54, 1.807) is 30.3 Å². The summed E-state index contributed by atoms with van der Waals surface area (Å²) < 4.78 is 1.88. The van der Waals surface area contributed by atoms with Gasteiger partial charge in [-0.2, -0.15) is 0 Å². The first kappa shape index (κ1) is 14.0. The van der Waals surface area contributed by atoms with Gasteiger partial charge in [0.1, 0.15) is 10.9 Å². The number of aromatic carboxylic acids is 1. The Hall–Kier alpha value is -2.95. The van der Waals surface area contributed by atoms with Crippen molar-refractivity contribution in [1.29, 1.82) is 0 Å². The molecule has 3 rings (SSSR count). The average molecular weight is 295 g/mol. The van der Waals surface area contributed by atoms with Crippen LogP contribution in [0.1, 0.15) is 21.7 Å². The van der Waals surface area contributed by atoms with Gasteiger partial charge in [0.05, 0.1) is 19.0 Å². The highest BCUT2D eigenvalue weighted by molar-refractivity contribution is 5.89. The van der Waals surface area contributed by atoms with E-state index in [9.17, 15) is 14.7 Å². The number of hydrogen-bond donors (Lipinski definition) is 2. The number of nitrogens with zero attached hydrogens (tertiary/aromatic N) is 1. The van der Waals surface area contributed by atoms with Gasteiger partial charge < -0.3 is 5.11 Å². The monoisotopic (exact) mass is 295 g/mol. The van der Waals surface area contributed by atoms with Crippen LogP contribution in [0.15, 0.2) is 53.3 Å². The van der Waals surface area contributed by atoms with Gasteiger partial charge >= 0.3 is 11.5 Å². The normalized spacial score (nSPS) is 10.8. The van der Waals surface area contributed by atoms with Crippen LogP contribution in [0.25, 0.3) is 10.9 Å². The quantitative estimate of drug-likeness (QED) is 0.721. The number of benzene rings is 2. The standard InChI is InChI=1S/C17H14N2O3/c1-19-14-9-5-4-8-13(14)16(20)18-15(19)10-11-6-2-3-7-12(11)17(21)22/h2-9H,10H2,1H3,(H,21,22)/p+1. The van der Waals surface area contributed by atoms with Crippen LogP contribution in [0, 0.1) is 0 Å². The first-order valence-corrected chi connectivity index (χ1v) is 6.89. The molecular formula is C17H15N2O3+. The lowest BCUT2D eigenvalue weighted by Crippen LogP contribution is -2.39. The molecule has 0 spiro atoms. The van der Waals surface area contributed by atoms with Crippen LogP contribution in [0.2, 0.25) is 0 Å². The van der Waals surface area contributed by atoms with Crippen molar-refractivity contribution in [2.24, 2.45) is 7.05 Å². The minimum absolute atomic E-state index is 0.170. The molecule has 22 heavy (non-hydrogen) atoms. The number of para-hydroxylation sites is 1. The van der Waals surface area contributed by atoms with E-state index in [2.05, 4.69) is 4.98 Å². The number of aromatic nitrogens is 2. The fourth-order valence-electron chi connectivity index (χ4n) is 2.61. The van der Waals surface area contributed by atoms with E-state index in [0.717, 1.165) is 5.52 Å². The summed E-state index contributed by atoms with van der Waals surface area (Å²) in [5.74, 6) is -0.307. The molecule has 0 aliphatic carbocycles. The molecular weight excluding hydrogens is 280 g/mol. The molecule has 0 fully saturated rings. The van der Waals surface area contributed by atoms with Gasteiger partial charge in [-0.1, -0.05) is 30.3 Å². The van der Waals surface area contributed by atoms with Gasteiger partial charge in [-0.15, -0.1) is 0 Å². The van der Waals surface area contributed by atoms with Gasteiger partial charge in [0, 0.05) is 0 Å². The number of hydrogen-bond acceptors (Lipinski definition) is 2. The SMILES string of the molecule is C[n+]1c(Cc2ccccc2C(=O)O)[nH]c(=O)c2ccccc21. The van der Waals surface area contributed by atoms with Gasteiger partial charge in [-0.25, -0.2) is 19.1 Å². The molecule has 3 aromatic rings. The Morgan fingerprint density at radius 2 is 1.82 bits per heavy atom. The molecule has 1 heterocycles. The molecule has 0 aliphatic rings. The number of fused-ring (bicyclic) bond motifs is 1. The first-order chi connectivity index (χ1) is 10.6. The van der Waals surface area contributed by atoms with Crippen molar-refractivity contribution in [3.63, 3.8) is 0 Å². The molecule has 0 radical (unpaired) electrons. The number of carboxylic acids is 1. The molecule has 0 atom stereocenters. The van der Waals surface area contributed by atoms with Crippen molar-refractivity contribution in [2.75, 3.05) is 0 Å². The van der Waals surface area contributed by atoms with Crippen molar-refractivity contribution >= 4 is 16.9 Å². The highest BCUT2D eigenvalue weighted by Gasteiger charge is 2.17. The van der Waals surface area contributed by atoms with Crippen LogP contribution in [-0.4, -0.2) is 16.1 Å². The van der Waals surface area contributed by atoms with Gasteiger partial charge in [-0.3, -0.25) is 0 Å². The summed E-state index contributed by atoms with van der Waals surface area (Å²) in [6.07, 6.45) is 0.346. The molecule has 2 N–H and O–H groups in total. The predicted molar refractivity (Wildman–Crippen MR) is 82.0 cm³/mol. The summed E-state index contributed by atoms with van der Waals surface area (Å²) in [6.45, 7) is 0. The highest BCUT2D eigenvalue weighted by Crippen LogP contribution is 2.12. The Bertz CT molecular complexity index is 929. The maximum absolute atomic E-state index is 12.2. The number of rotatable bonds is 3. The minimum atomic E-state index is -0.971. The van der Waals surface area contributed by atoms with E-state index < -0.39 is 5.97 Å². The molecule has 0 saturated carbocycles. The number of carbonyl (C=O) groups is 1. The maximum atomic E-state index is 12.2. The summed E-state index contributed by atoms with van der Waals surface area (Å²) in [5.41, 5.74) is 1.55. The second kappa shape index (κ2) is 5.44. The largest absolute Gasteiger partial charge is 0.478 e. The minimum Gasteiger partial charge on any atom is -0.478 e. The molecule has 5 heteroatoms. The Morgan fingerprint density at radius 1 is 1.14 bits per heavy atom. The number of aryl methyl sites for hydroxylation is 1. The second-order valence-corrected chi connectivity index (χ2v) is 5.12. The maximum Gasteiger partial charge on any atom is 0.343 e. The lowest BCUT2D eigenvalue weighted by molar-refractivity contribution is -0.655. The van der Waals surface area contributed by atoms with Crippen molar-refractivity contribution in [1.82, 2.24) is 4.98 Å². The van der Waals surface area contributed by atoms with Crippen LogP contribution in [0.5, 0.6) is 0 Å². The van der Waals surface area contributed by atoms with Crippen molar-refractivity contribution in [2.45, 2.75) is 6.42 Å². The third-order valence-corrected chi connectivity index (χ3v) is 3.78. The fraction of sp³-hybridized carbons (Fsp3) is 0.118. The van der Waals surface area contributed by atoms with E-state index in [-0.39, 0.29) is 11.1 Å². The van der Waals surface area contributed by atoms with E-state index in [0.29, 0.717) is 23.2 Å². The molecule has 0 unspecified atom stereocenters. The molecule has 1 aromatic heterocycles. The zero-order valence-electron chi connectivity index (χ0n) is 12.0. The Balaban J connectivity index is 2.15. The van der Waals surface area contributed by atoms with Crippen molar-refractivity contribution in [3.05, 3.63) is 75.8 Å². The van der Waals surface area contributed by atoms with Crippen molar-refractivity contribution in [3.8, 4) is 0 Å². The van der Waals surface area contributed by atoms with E-state index in [4.69, 9.17) is 0 Å². The third-order valence-electron chi connectivity index (χ3n) is 3.78. The van der Waals surface area contributed by atoms with Crippen LogP contribution in [-0.2, 0) is 13.5 Å². The Labute approximate surface area is 126 Å². The topological polar surface area (TPSA) is 74.0 Å². The third kappa shape index (κ3) is 2.37. The average Bonchev–Trinajstić information content (AvgIpc) is 2.53. The number of aromatic amines is 1. The van der Waals surface area contributed by atoms with E-state index in [1.807, 2.05) is 29.8 Å².